The van der Waals surface area contributed by atoms with Crippen molar-refractivity contribution < 1.29 is 0 Å². The zero-order chi connectivity index (χ0) is 13.2. The van der Waals surface area contributed by atoms with E-state index in [0.29, 0.717) is 5.02 Å². The summed E-state index contributed by atoms with van der Waals surface area (Å²) in [5, 5.41) is 5.00. The summed E-state index contributed by atoms with van der Waals surface area (Å²) < 4.78 is 0. The maximum absolute atomic E-state index is 6.16. The summed E-state index contributed by atoms with van der Waals surface area (Å²) in [6.07, 6.45) is 0. The molecule has 3 heteroatoms. The first-order chi connectivity index (χ1) is 9.22. The molecule has 1 heterocycles. The molecule has 1 N–H and O–H groups in total. The minimum absolute atomic E-state index is 0.671. The number of para-hydroxylation sites is 1. The van der Waals surface area contributed by atoms with E-state index in [-0.39, 0.29) is 0 Å². The van der Waals surface area contributed by atoms with Crippen LogP contribution in [0.2, 0.25) is 5.02 Å². The zero-order valence-corrected chi connectivity index (χ0v) is 11.3. The lowest BCUT2D eigenvalue weighted by molar-refractivity contribution is 1.36. The second kappa shape index (κ2) is 4.90. The van der Waals surface area contributed by atoms with Gasteiger partial charge in [-0.3, -0.25) is 0 Å². The predicted molar refractivity (Wildman–Crippen MR) is 81.2 cm³/mol. The second-order valence-electron chi connectivity index (χ2n) is 4.50. The van der Waals surface area contributed by atoms with Crippen LogP contribution in [0.25, 0.3) is 10.9 Å². The Bertz CT molecular complexity index is 720. The van der Waals surface area contributed by atoms with Gasteiger partial charge in [0.25, 0.3) is 0 Å². The lowest BCUT2D eigenvalue weighted by Crippen LogP contribution is -1.93. The normalized spacial score (nSPS) is 10.6. The summed E-state index contributed by atoms with van der Waals surface area (Å²) in [6.45, 7) is 2.07. The highest BCUT2D eigenvalue weighted by Crippen LogP contribution is 2.24. The minimum Gasteiger partial charge on any atom is -0.340 e. The first-order valence-electron chi connectivity index (χ1n) is 6.11. The largest absolute Gasteiger partial charge is 0.340 e. The topological polar surface area (TPSA) is 24.9 Å². The second-order valence-corrected chi connectivity index (χ2v) is 4.91. The van der Waals surface area contributed by atoms with Crippen molar-refractivity contribution in [3.05, 3.63) is 65.2 Å². The van der Waals surface area contributed by atoms with Crippen molar-refractivity contribution in [1.29, 1.82) is 0 Å². The first-order valence-corrected chi connectivity index (χ1v) is 6.49. The van der Waals surface area contributed by atoms with Gasteiger partial charge in [0, 0.05) is 11.1 Å². The molecular formula is C16H13ClN2. The van der Waals surface area contributed by atoms with Gasteiger partial charge in [-0.15, -0.1) is 0 Å². The van der Waals surface area contributed by atoms with Crippen molar-refractivity contribution in [2.45, 2.75) is 6.92 Å². The van der Waals surface area contributed by atoms with E-state index in [0.717, 1.165) is 22.4 Å². The van der Waals surface area contributed by atoms with E-state index in [9.17, 15) is 0 Å². The van der Waals surface area contributed by atoms with Gasteiger partial charge in [0.15, 0.2) is 0 Å². The number of pyridine rings is 1. The number of nitrogens with zero attached hydrogens (tertiary/aromatic N) is 1. The van der Waals surface area contributed by atoms with Gasteiger partial charge in [-0.25, -0.2) is 4.98 Å². The highest BCUT2D eigenvalue weighted by molar-refractivity contribution is 6.35. The van der Waals surface area contributed by atoms with Crippen molar-refractivity contribution >= 4 is 34.0 Å². The van der Waals surface area contributed by atoms with Crippen LogP contribution in [0.1, 0.15) is 5.56 Å². The smallest absolute Gasteiger partial charge is 0.131 e. The van der Waals surface area contributed by atoms with E-state index in [2.05, 4.69) is 29.4 Å². The number of nitrogens with one attached hydrogen (secondary N) is 1. The minimum atomic E-state index is 0.671. The number of aryl methyl sites for hydroxylation is 1. The van der Waals surface area contributed by atoms with E-state index in [4.69, 9.17) is 11.6 Å². The molecule has 0 bridgehead atoms. The molecule has 1 aromatic heterocycles. The maximum Gasteiger partial charge on any atom is 0.131 e. The lowest BCUT2D eigenvalue weighted by atomic mass is 10.2. The number of halogens is 1. The van der Waals surface area contributed by atoms with Crippen LogP contribution in [0.3, 0.4) is 0 Å². The summed E-state index contributed by atoms with van der Waals surface area (Å²) in [4.78, 5) is 4.55. The Kier molecular flexibility index (Phi) is 3.10. The fourth-order valence-electron chi connectivity index (χ4n) is 1.97. The Morgan fingerprint density at radius 1 is 0.947 bits per heavy atom. The maximum atomic E-state index is 6.16. The summed E-state index contributed by atoms with van der Waals surface area (Å²) in [7, 11) is 0. The summed E-state index contributed by atoms with van der Waals surface area (Å²) >= 11 is 6.16. The van der Waals surface area contributed by atoms with Gasteiger partial charge in [-0.05, 0) is 37.3 Å². The Balaban J connectivity index is 1.97. The summed E-state index contributed by atoms with van der Waals surface area (Å²) in [5.74, 6) is 0.796. The van der Waals surface area contributed by atoms with Crippen LogP contribution in [0.4, 0.5) is 11.5 Å². The molecule has 94 valence electrons. The number of aromatic nitrogens is 1. The van der Waals surface area contributed by atoms with Crippen LogP contribution in [0.15, 0.2) is 54.6 Å². The van der Waals surface area contributed by atoms with Gasteiger partial charge in [0.2, 0.25) is 0 Å². The Morgan fingerprint density at radius 3 is 2.53 bits per heavy atom. The van der Waals surface area contributed by atoms with E-state index >= 15 is 0 Å². The number of rotatable bonds is 2. The van der Waals surface area contributed by atoms with E-state index in [1.54, 1.807) is 0 Å². The Labute approximate surface area is 117 Å². The molecule has 0 saturated heterocycles. The zero-order valence-electron chi connectivity index (χ0n) is 10.5. The van der Waals surface area contributed by atoms with E-state index in [1.807, 2.05) is 42.5 Å². The monoisotopic (exact) mass is 268 g/mol. The van der Waals surface area contributed by atoms with Gasteiger partial charge >= 0.3 is 0 Å². The van der Waals surface area contributed by atoms with E-state index < -0.39 is 0 Å². The van der Waals surface area contributed by atoms with Crippen LogP contribution in [0.5, 0.6) is 0 Å². The standard InChI is InChI=1S/C16H13ClN2/c1-11-5-8-13(9-6-11)18-15-10-7-12-3-2-4-14(17)16(12)19-15/h2-10H,1H3,(H,18,19). The molecule has 3 rings (SSSR count). The molecular weight excluding hydrogens is 256 g/mol. The highest BCUT2D eigenvalue weighted by atomic mass is 35.5. The molecule has 2 nitrogen and oxygen atoms in total. The number of hydrogen-bond acceptors (Lipinski definition) is 2. The molecule has 0 aliphatic carbocycles. The van der Waals surface area contributed by atoms with Gasteiger partial charge in [-0.2, -0.15) is 0 Å². The molecule has 0 spiro atoms. The number of benzene rings is 2. The van der Waals surface area contributed by atoms with Crippen molar-refractivity contribution in [3.63, 3.8) is 0 Å². The van der Waals surface area contributed by atoms with Crippen molar-refractivity contribution in [2.75, 3.05) is 5.32 Å². The van der Waals surface area contributed by atoms with Crippen LogP contribution in [-0.4, -0.2) is 4.98 Å². The van der Waals surface area contributed by atoms with Crippen molar-refractivity contribution in [2.24, 2.45) is 0 Å². The predicted octanol–water partition coefficient (Wildman–Crippen LogP) is 4.94. The van der Waals surface area contributed by atoms with Gasteiger partial charge in [0.05, 0.1) is 10.5 Å². The molecule has 0 aliphatic heterocycles. The Morgan fingerprint density at radius 2 is 1.74 bits per heavy atom. The van der Waals surface area contributed by atoms with Crippen LogP contribution in [0, 0.1) is 6.92 Å². The molecule has 0 radical (unpaired) electrons. The molecule has 0 unspecified atom stereocenters. The van der Waals surface area contributed by atoms with Crippen LogP contribution in [-0.2, 0) is 0 Å². The fraction of sp³-hybridized carbons (Fsp3) is 0.0625. The van der Waals surface area contributed by atoms with Crippen LogP contribution >= 0.6 is 11.6 Å². The molecule has 2 aromatic carbocycles. The highest BCUT2D eigenvalue weighted by Gasteiger charge is 2.02. The van der Waals surface area contributed by atoms with Gasteiger partial charge in [-0.1, -0.05) is 41.4 Å². The average Bonchev–Trinajstić information content (AvgIpc) is 2.42. The average molecular weight is 269 g/mol. The summed E-state index contributed by atoms with van der Waals surface area (Å²) in [5.41, 5.74) is 3.07. The van der Waals surface area contributed by atoms with Crippen LogP contribution < -0.4 is 5.32 Å². The number of fused-ring (bicyclic) bond motifs is 1. The number of hydrogen-bond donors (Lipinski definition) is 1. The quantitative estimate of drug-likeness (QED) is 0.712. The molecule has 19 heavy (non-hydrogen) atoms. The first kappa shape index (κ1) is 12.0. The summed E-state index contributed by atoms with van der Waals surface area (Å²) in [6, 6.07) is 18.0. The van der Waals surface area contributed by atoms with Gasteiger partial charge in [0.1, 0.15) is 5.82 Å². The third-order valence-electron chi connectivity index (χ3n) is 2.99. The molecule has 0 amide bonds. The fourth-order valence-corrected chi connectivity index (χ4v) is 2.19. The SMILES string of the molecule is Cc1ccc(Nc2ccc3cccc(Cl)c3n2)cc1. The third-order valence-corrected chi connectivity index (χ3v) is 3.30. The molecule has 0 atom stereocenters. The number of anilines is 2. The van der Waals surface area contributed by atoms with Crippen molar-refractivity contribution in [1.82, 2.24) is 4.98 Å². The van der Waals surface area contributed by atoms with Gasteiger partial charge < -0.3 is 5.32 Å². The Hall–Kier alpha value is -2.06. The molecule has 3 aromatic rings. The third kappa shape index (κ3) is 2.54. The van der Waals surface area contributed by atoms with Crippen molar-refractivity contribution in [3.8, 4) is 0 Å². The van der Waals surface area contributed by atoms with E-state index in [1.165, 1.54) is 5.56 Å². The lowest BCUT2D eigenvalue weighted by Gasteiger charge is -2.07. The molecule has 0 fully saturated rings. The molecule has 0 saturated carbocycles. The molecule has 0 aliphatic rings.